The van der Waals surface area contributed by atoms with E-state index in [2.05, 4.69) is 0 Å². The first-order chi connectivity index (χ1) is 8.99. The maximum Gasteiger partial charge on any atom is 0.250 e. The SMILES string of the molecule is CN(c1cccc(F)c1)c1ccc(N)cc1C(N)=O. The summed E-state index contributed by atoms with van der Waals surface area (Å²) in [6, 6.07) is 10.9. The van der Waals surface area contributed by atoms with Crippen LogP contribution >= 0.6 is 0 Å². The summed E-state index contributed by atoms with van der Waals surface area (Å²) < 4.78 is 13.2. The van der Waals surface area contributed by atoms with E-state index in [1.165, 1.54) is 18.2 Å². The van der Waals surface area contributed by atoms with Gasteiger partial charge in [0.25, 0.3) is 5.91 Å². The molecule has 0 aliphatic heterocycles. The molecule has 2 aromatic rings. The molecule has 19 heavy (non-hydrogen) atoms. The zero-order chi connectivity index (χ0) is 14.0. The summed E-state index contributed by atoms with van der Waals surface area (Å²) in [5.74, 6) is -0.925. The van der Waals surface area contributed by atoms with Crippen LogP contribution in [0.3, 0.4) is 0 Å². The monoisotopic (exact) mass is 259 g/mol. The summed E-state index contributed by atoms with van der Waals surface area (Å²) in [6.45, 7) is 0. The largest absolute Gasteiger partial charge is 0.399 e. The van der Waals surface area contributed by atoms with Gasteiger partial charge in [-0.3, -0.25) is 4.79 Å². The summed E-state index contributed by atoms with van der Waals surface area (Å²) in [6.07, 6.45) is 0. The van der Waals surface area contributed by atoms with Gasteiger partial charge < -0.3 is 16.4 Å². The molecule has 4 nitrogen and oxygen atoms in total. The second kappa shape index (κ2) is 4.97. The third-order valence-electron chi connectivity index (χ3n) is 2.84. The Labute approximate surface area is 110 Å². The number of nitrogen functional groups attached to an aromatic ring is 1. The lowest BCUT2D eigenvalue weighted by molar-refractivity contribution is 0.100. The van der Waals surface area contributed by atoms with Crippen LogP contribution in [0.5, 0.6) is 0 Å². The summed E-state index contributed by atoms with van der Waals surface area (Å²) in [7, 11) is 1.73. The molecule has 0 unspecified atom stereocenters. The van der Waals surface area contributed by atoms with Gasteiger partial charge in [0.15, 0.2) is 0 Å². The van der Waals surface area contributed by atoms with Gasteiger partial charge in [-0.1, -0.05) is 6.07 Å². The van der Waals surface area contributed by atoms with Crippen molar-refractivity contribution in [1.82, 2.24) is 0 Å². The molecule has 0 radical (unpaired) electrons. The number of carbonyl (C=O) groups is 1. The average molecular weight is 259 g/mol. The number of rotatable bonds is 3. The van der Waals surface area contributed by atoms with Gasteiger partial charge in [-0.05, 0) is 36.4 Å². The van der Waals surface area contributed by atoms with E-state index in [9.17, 15) is 9.18 Å². The van der Waals surface area contributed by atoms with Crippen LogP contribution in [0, 0.1) is 5.82 Å². The number of carbonyl (C=O) groups excluding carboxylic acids is 1. The Bertz CT molecular complexity index is 628. The van der Waals surface area contributed by atoms with Crippen molar-refractivity contribution in [1.29, 1.82) is 0 Å². The molecule has 0 fully saturated rings. The van der Waals surface area contributed by atoms with Crippen LogP contribution in [-0.2, 0) is 0 Å². The number of halogens is 1. The predicted molar refractivity (Wildman–Crippen MR) is 73.8 cm³/mol. The van der Waals surface area contributed by atoms with Crippen LogP contribution in [0.2, 0.25) is 0 Å². The number of primary amides is 1. The lowest BCUT2D eigenvalue weighted by Crippen LogP contribution is -2.18. The molecule has 4 N–H and O–H groups in total. The van der Waals surface area contributed by atoms with Crippen LogP contribution in [0.15, 0.2) is 42.5 Å². The van der Waals surface area contributed by atoms with E-state index < -0.39 is 5.91 Å². The molecule has 0 saturated heterocycles. The van der Waals surface area contributed by atoms with Crippen molar-refractivity contribution in [2.24, 2.45) is 5.73 Å². The third kappa shape index (κ3) is 2.65. The van der Waals surface area contributed by atoms with E-state index in [4.69, 9.17) is 11.5 Å². The maximum atomic E-state index is 13.2. The topological polar surface area (TPSA) is 72.3 Å². The van der Waals surface area contributed by atoms with Gasteiger partial charge in [0.2, 0.25) is 0 Å². The van der Waals surface area contributed by atoms with Gasteiger partial charge in [-0.2, -0.15) is 0 Å². The molecule has 98 valence electrons. The van der Waals surface area contributed by atoms with Gasteiger partial charge in [0, 0.05) is 18.4 Å². The Kier molecular flexibility index (Phi) is 3.37. The third-order valence-corrected chi connectivity index (χ3v) is 2.84. The zero-order valence-corrected chi connectivity index (χ0v) is 10.4. The number of benzene rings is 2. The minimum atomic E-state index is -0.578. The molecular weight excluding hydrogens is 245 g/mol. The first-order valence-electron chi connectivity index (χ1n) is 5.67. The van der Waals surface area contributed by atoms with Crippen molar-refractivity contribution >= 4 is 23.0 Å². The molecule has 0 aliphatic rings. The molecular formula is C14H14FN3O. The fraction of sp³-hybridized carbons (Fsp3) is 0.0714. The molecule has 0 heterocycles. The predicted octanol–water partition coefficient (Wildman–Crippen LogP) is 2.27. The Balaban J connectivity index is 2.49. The van der Waals surface area contributed by atoms with Crippen molar-refractivity contribution in [2.75, 3.05) is 17.7 Å². The standard InChI is InChI=1S/C14H14FN3O/c1-18(11-4-2-3-9(15)7-11)13-6-5-10(16)8-12(13)14(17)19/h2-8H,16H2,1H3,(H2,17,19). The van der Waals surface area contributed by atoms with Gasteiger partial charge in [0.1, 0.15) is 5.82 Å². The molecule has 0 atom stereocenters. The fourth-order valence-electron chi connectivity index (χ4n) is 1.87. The number of nitrogens with zero attached hydrogens (tertiary/aromatic N) is 1. The van der Waals surface area contributed by atoms with Gasteiger partial charge in [0.05, 0.1) is 11.3 Å². The minimum Gasteiger partial charge on any atom is -0.399 e. The van der Waals surface area contributed by atoms with Crippen LogP contribution in [0.1, 0.15) is 10.4 Å². The quantitative estimate of drug-likeness (QED) is 0.830. The summed E-state index contributed by atoms with van der Waals surface area (Å²) in [5, 5.41) is 0. The Morgan fingerprint density at radius 1 is 1.21 bits per heavy atom. The number of hydrogen-bond donors (Lipinski definition) is 2. The molecule has 2 aromatic carbocycles. The van der Waals surface area contributed by atoms with E-state index in [-0.39, 0.29) is 5.82 Å². The van der Waals surface area contributed by atoms with Gasteiger partial charge in [-0.25, -0.2) is 4.39 Å². The van der Waals surface area contributed by atoms with Crippen molar-refractivity contribution in [2.45, 2.75) is 0 Å². The zero-order valence-electron chi connectivity index (χ0n) is 10.4. The fourth-order valence-corrected chi connectivity index (χ4v) is 1.87. The lowest BCUT2D eigenvalue weighted by Gasteiger charge is -2.22. The highest BCUT2D eigenvalue weighted by Gasteiger charge is 2.14. The van der Waals surface area contributed by atoms with Crippen molar-refractivity contribution < 1.29 is 9.18 Å². The van der Waals surface area contributed by atoms with Gasteiger partial charge >= 0.3 is 0 Å². The summed E-state index contributed by atoms with van der Waals surface area (Å²) in [4.78, 5) is 13.1. The summed E-state index contributed by atoms with van der Waals surface area (Å²) >= 11 is 0. The molecule has 0 saturated carbocycles. The molecule has 0 aromatic heterocycles. The van der Waals surface area contributed by atoms with Crippen LogP contribution in [0.25, 0.3) is 0 Å². The molecule has 1 amide bonds. The normalized spacial score (nSPS) is 10.2. The van der Waals surface area contributed by atoms with Gasteiger partial charge in [-0.15, -0.1) is 0 Å². The van der Waals surface area contributed by atoms with E-state index in [0.717, 1.165) is 0 Å². The average Bonchev–Trinajstić information content (AvgIpc) is 2.37. The highest BCUT2D eigenvalue weighted by Crippen LogP contribution is 2.28. The van der Waals surface area contributed by atoms with E-state index in [0.29, 0.717) is 22.6 Å². The molecule has 0 spiro atoms. The maximum absolute atomic E-state index is 13.2. The Hall–Kier alpha value is -2.56. The molecule has 5 heteroatoms. The highest BCUT2D eigenvalue weighted by molar-refractivity contribution is 6.00. The van der Waals surface area contributed by atoms with Crippen LogP contribution in [0.4, 0.5) is 21.5 Å². The lowest BCUT2D eigenvalue weighted by atomic mass is 10.1. The van der Waals surface area contributed by atoms with E-state index >= 15 is 0 Å². The van der Waals surface area contributed by atoms with Crippen LogP contribution < -0.4 is 16.4 Å². The van der Waals surface area contributed by atoms with Crippen molar-refractivity contribution in [3.63, 3.8) is 0 Å². The van der Waals surface area contributed by atoms with Crippen LogP contribution in [-0.4, -0.2) is 13.0 Å². The number of hydrogen-bond acceptors (Lipinski definition) is 3. The van der Waals surface area contributed by atoms with E-state index in [1.54, 1.807) is 36.2 Å². The second-order valence-electron chi connectivity index (χ2n) is 4.18. The Morgan fingerprint density at radius 2 is 1.95 bits per heavy atom. The first-order valence-corrected chi connectivity index (χ1v) is 5.67. The highest BCUT2D eigenvalue weighted by atomic mass is 19.1. The van der Waals surface area contributed by atoms with Crippen molar-refractivity contribution in [3.05, 3.63) is 53.8 Å². The number of nitrogens with two attached hydrogens (primary N) is 2. The summed E-state index contributed by atoms with van der Waals surface area (Å²) in [5.41, 5.74) is 12.9. The molecule has 0 bridgehead atoms. The first kappa shape index (κ1) is 12.9. The number of anilines is 3. The molecule has 0 aliphatic carbocycles. The molecule has 2 rings (SSSR count). The van der Waals surface area contributed by atoms with E-state index in [1.807, 2.05) is 0 Å². The Morgan fingerprint density at radius 3 is 2.58 bits per heavy atom. The smallest absolute Gasteiger partial charge is 0.250 e. The number of amides is 1. The second-order valence-corrected chi connectivity index (χ2v) is 4.18. The minimum absolute atomic E-state index is 0.298. The van der Waals surface area contributed by atoms with Crippen molar-refractivity contribution in [3.8, 4) is 0 Å².